The summed E-state index contributed by atoms with van der Waals surface area (Å²) >= 11 is 14.1. The number of hydrogen-bond donors (Lipinski definition) is 1. The van der Waals surface area contributed by atoms with Crippen LogP contribution in [0.4, 0.5) is 0 Å². The van der Waals surface area contributed by atoms with Crippen molar-refractivity contribution in [3.63, 3.8) is 0 Å². The summed E-state index contributed by atoms with van der Waals surface area (Å²) in [6.07, 6.45) is 0.977. The second-order valence-electron chi connectivity index (χ2n) is 4.66. The Hall–Kier alpha value is -0.670. The van der Waals surface area contributed by atoms with Crippen LogP contribution in [-0.2, 0) is 6.42 Å². The SMILES string of the molecule is NC(c1cc(Cl)ccc1Cl)C1Cc2ccccc2S1. The Morgan fingerprint density at radius 1 is 1.16 bits per heavy atom. The van der Waals surface area contributed by atoms with Gasteiger partial charge in [-0.25, -0.2) is 0 Å². The van der Waals surface area contributed by atoms with Gasteiger partial charge in [-0.1, -0.05) is 41.4 Å². The lowest BCUT2D eigenvalue weighted by Crippen LogP contribution is -2.23. The number of fused-ring (bicyclic) bond motifs is 1. The summed E-state index contributed by atoms with van der Waals surface area (Å²) in [6, 6.07) is 13.8. The van der Waals surface area contributed by atoms with Crippen molar-refractivity contribution < 1.29 is 0 Å². The number of halogens is 2. The van der Waals surface area contributed by atoms with E-state index in [1.54, 1.807) is 6.07 Å². The summed E-state index contributed by atoms with van der Waals surface area (Å²) in [5.74, 6) is 0. The molecule has 0 radical (unpaired) electrons. The highest BCUT2D eigenvalue weighted by atomic mass is 35.5. The van der Waals surface area contributed by atoms with E-state index in [-0.39, 0.29) is 6.04 Å². The van der Waals surface area contributed by atoms with E-state index in [2.05, 4.69) is 24.3 Å². The molecule has 3 rings (SSSR count). The molecular formula is C15H13Cl2NS. The van der Waals surface area contributed by atoms with Crippen molar-refractivity contribution in [1.29, 1.82) is 0 Å². The van der Waals surface area contributed by atoms with Gasteiger partial charge in [0.25, 0.3) is 0 Å². The molecule has 0 bridgehead atoms. The van der Waals surface area contributed by atoms with Gasteiger partial charge in [-0.15, -0.1) is 11.8 Å². The normalized spacial score (nSPS) is 19.2. The summed E-state index contributed by atoms with van der Waals surface area (Å²) in [5.41, 5.74) is 8.68. The molecule has 2 unspecified atom stereocenters. The minimum atomic E-state index is -0.108. The Bertz CT molecular complexity index is 590. The fourth-order valence-corrected chi connectivity index (χ4v) is 4.15. The summed E-state index contributed by atoms with van der Waals surface area (Å²) in [7, 11) is 0. The molecule has 4 heteroatoms. The molecule has 1 aliphatic rings. The van der Waals surface area contributed by atoms with E-state index in [0.717, 1.165) is 12.0 Å². The second-order valence-corrected chi connectivity index (χ2v) is 6.78. The maximum atomic E-state index is 6.39. The Balaban J connectivity index is 1.87. The van der Waals surface area contributed by atoms with E-state index < -0.39 is 0 Å². The molecular weight excluding hydrogens is 297 g/mol. The van der Waals surface area contributed by atoms with Gasteiger partial charge in [0.15, 0.2) is 0 Å². The number of nitrogens with two attached hydrogens (primary N) is 1. The molecule has 2 aromatic rings. The van der Waals surface area contributed by atoms with Crippen LogP contribution in [0.15, 0.2) is 47.4 Å². The molecule has 2 N–H and O–H groups in total. The molecule has 2 aromatic carbocycles. The first-order chi connectivity index (χ1) is 9.15. The molecule has 1 heterocycles. The lowest BCUT2D eigenvalue weighted by atomic mass is 9.99. The van der Waals surface area contributed by atoms with Crippen molar-refractivity contribution in [3.05, 3.63) is 63.6 Å². The predicted molar refractivity (Wildman–Crippen MR) is 83.2 cm³/mol. The number of benzene rings is 2. The summed E-state index contributed by atoms with van der Waals surface area (Å²) in [6.45, 7) is 0. The molecule has 98 valence electrons. The topological polar surface area (TPSA) is 26.0 Å². The van der Waals surface area contributed by atoms with Gasteiger partial charge in [0.05, 0.1) is 0 Å². The van der Waals surface area contributed by atoms with Gasteiger partial charge in [0.2, 0.25) is 0 Å². The van der Waals surface area contributed by atoms with Crippen LogP contribution in [0.3, 0.4) is 0 Å². The number of thioether (sulfide) groups is 1. The smallest absolute Gasteiger partial charge is 0.0455 e. The molecule has 2 atom stereocenters. The zero-order valence-corrected chi connectivity index (χ0v) is 12.5. The molecule has 1 aliphatic heterocycles. The van der Waals surface area contributed by atoms with Crippen molar-refractivity contribution in [2.45, 2.75) is 22.6 Å². The van der Waals surface area contributed by atoms with Crippen LogP contribution >= 0.6 is 35.0 Å². The largest absolute Gasteiger partial charge is 0.323 e. The Morgan fingerprint density at radius 2 is 1.95 bits per heavy atom. The maximum absolute atomic E-state index is 6.39. The third-order valence-electron chi connectivity index (χ3n) is 3.39. The van der Waals surface area contributed by atoms with Crippen molar-refractivity contribution in [2.24, 2.45) is 5.73 Å². The molecule has 0 spiro atoms. The van der Waals surface area contributed by atoms with Gasteiger partial charge in [-0.2, -0.15) is 0 Å². The predicted octanol–water partition coefficient (Wildman–Crippen LogP) is 4.71. The number of hydrogen-bond acceptors (Lipinski definition) is 2. The second kappa shape index (κ2) is 5.37. The molecule has 19 heavy (non-hydrogen) atoms. The highest BCUT2D eigenvalue weighted by molar-refractivity contribution is 8.00. The van der Waals surface area contributed by atoms with E-state index in [1.807, 2.05) is 23.9 Å². The van der Waals surface area contributed by atoms with Crippen LogP contribution < -0.4 is 5.73 Å². The minimum Gasteiger partial charge on any atom is -0.323 e. The summed E-state index contributed by atoms with van der Waals surface area (Å²) in [5, 5.41) is 1.68. The average Bonchev–Trinajstić information content (AvgIpc) is 2.84. The van der Waals surface area contributed by atoms with Gasteiger partial charge in [0.1, 0.15) is 0 Å². The van der Waals surface area contributed by atoms with Crippen LogP contribution in [0.5, 0.6) is 0 Å². The third-order valence-corrected chi connectivity index (χ3v) is 5.38. The first-order valence-electron chi connectivity index (χ1n) is 6.10. The molecule has 0 amide bonds. The van der Waals surface area contributed by atoms with Crippen molar-refractivity contribution in [1.82, 2.24) is 0 Å². The van der Waals surface area contributed by atoms with Gasteiger partial charge < -0.3 is 5.73 Å². The van der Waals surface area contributed by atoms with E-state index in [0.29, 0.717) is 15.3 Å². The van der Waals surface area contributed by atoms with Crippen LogP contribution in [0.2, 0.25) is 10.0 Å². The van der Waals surface area contributed by atoms with Crippen LogP contribution in [0, 0.1) is 0 Å². The zero-order valence-electron chi connectivity index (χ0n) is 10.1. The molecule has 0 saturated carbocycles. The third kappa shape index (κ3) is 2.63. The van der Waals surface area contributed by atoms with E-state index in [9.17, 15) is 0 Å². The minimum absolute atomic E-state index is 0.108. The first kappa shape index (κ1) is 13.3. The molecule has 1 nitrogen and oxygen atoms in total. The monoisotopic (exact) mass is 309 g/mol. The van der Waals surface area contributed by atoms with Gasteiger partial charge in [-0.05, 0) is 41.8 Å². The lowest BCUT2D eigenvalue weighted by molar-refractivity contribution is 0.678. The van der Waals surface area contributed by atoms with Gasteiger partial charge in [0, 0.05) is 26.2 Å². The zero-order chi connectivity index (χ0) is 13.4. The standard InChI is InChI=1S/C15H13Cl2NS/c16-10-5-6-12(17)11(8-10)15(18)14-7-9-3-1-2-4-13(9)19-14/h1-6,8,14-15H,7,18H2. The molecule has 0 saturated heterocycles. The summed E-state index contributed by atoms with van der Waals surface area (Å²) < 4.78 is 0. The van der Waals surface area contributed by atoms with Gasteiger partial charge in [-0.3, -0.25) is 0 Å². The summed E-state index contributed by atoms with van der Waals surface area (Å²) in [4.78, 5) is 1.32. The maximum Gasteiger partial charge on any atom is 0.0455 e. The highest BCUT2D eigenvalue weighted by Crippen LogP contribution is 2.43. The van der Waals surface area contributed by atoms with Gasteiger partial charge >= 0.3 is 0 Å². The fraction of sp³-hybridized carbons (Fsp3) is 0.200. The van der Waals surface area contributed by atoms with Crippen LogP contribution in [0.1, 0.15) is 17.2 Å². The number of rotatable bonds is 2. The lowest BCUT2D eigenvalue weighted by Gasteiger charge is -2.20. The molecule has 0 fully saturated rings. The van der Waals surface area contributed by atoms with Crippen molar-refractivity contribution >= 4 is 35.0 Å². The molecule has 0 aliphatic carbocycles. The quantitative estimate of drug-likeness (QED) is 0.869. The highest BCUT2D eigenvalue weighted by Gasteiger charge is 2.29. The Labute approximate surface area is 127 Å². The van der Waals surface area contributed by atoms with E-state index >= 15 is 0 Å². The fourth-order valence-electron chi connectivity index (χ4n) is 2.38. The van der Waals surface area contributed by atoms with Crippen LogP contribution in [0.25, 0.3) is 0 Å². The van der Waals surface area contributed by atoms with E-state index in [4.69, 9.17) is 28.9 Å². The van der Waals surface area contributed by atoms with Crippen molar-refractivity contribution in [2.75, 3.05) is 0 Å². The van der Waals surface area contributed by atoms with E-state index in [1.165, 1.54) is 10.5 Å². The molecule has 0 aromatic heterocycles. The Kier molecular flexibility index (Phi) is 3.77. The first-order valence-corrected chi connectivity index (χ1v) is 7.74. The average molecular weight is 310 g/mol. The van der Waals surface area contributed by atoms with Crippen molar-refractivity contribution in [3.8, 4) is 0 Å². The Morgan fingerprint density at radius 3 is 2.74 bits per heavy atom. The van der Waals surface area contributed by atoms with Crippen LogP contribution in [-0.4, -0.2) is 5.25 Å².